The summed E-state index contributed by atoms with van der Waals surface area (Å²) in [5, 5.41) is 12.1. The number of hydrogen-bond donors (Lipinski definition) is 2. The molecular weight excluding hydrogens is 320 g/mol. The average Bonchev–Trinajstić information content (AvgIpc) is 2.94. The molecule has 0 spiro atoms. The predicted molar refractivity (Wildman–Crippen MR) is 93.7 cm³/mol. The Morgan fingerprint density at radius 1 is 1.20 bits per heavy atom. The molecule has 1 heterocycles. The molecule has 0 aromatic heterocycles. The summed E-state index contributed by atoms with van der Waals surface area (Å²) in [6.07, 6.45) is 0.338. The molecule has 1 fully saturated rings. The zero-order valence-corrected chi connectivity index (χ0v) is 14.9. The summed E-state index contributed by atoms with van der Waals surface area (Å²) in [7, 11) is 0. The summed E-state index contributed by atoms with van der Waals surface area (Å²) >= 11 is 0. The molecule has 0 aliphatic carbocycles. The number of carbonyl (C=O) groups is 3. The maximum atomic E-state index is 13.0. The number of rotatable bonds is 6. The number of benzene rings is 1. The summed E-state index contributed by atoms with van der Waals surface area (Å²) in [5.74, 6) is -1.80. The Hall–Kier alpha value is -2.37. The first-order valence-corrected chi connectivity index (χ1v) is 8.65. The molecule has 0 radical (unpaired) electrons. The Morgan fingerprint density at radius 2 is 1.84 bits per heavy atom. The molecule has 1 saturated heterocycles. The van der Waals surface area contributed by atoms with Crippen molar-refractivity contribution in [1.82, 2.24) is 10.2 Å². The number of hydrogen-bond acceptors (Lipinski definition) is 3. The van der Waals surface area contributed by atoms with E-state index in [-0.39, 0.29) is 30.2 Å². The van der Waals surface area contributed by atoms with E-state index < -0.39 is 17.9 Å². The third-order valence-corrected chi connectivity index (χ3v) is 4.52. The van der Waals surface area contributed by atoms with Gasteiger partial charge in [0.05, 0.1) is 5.92 Å². The largest absolute Gasteiger partial charge is 0.481 e. The minimum atomic E-state index is -0.886. The summed E-state index contributed by atoms with van der Waals surface area (Å²) < 4.78 is 0. The molecule has 0 saturated carbocycles. The zero-order chi connectivity index (χ0) is 18.6. The highest BCUT2D eigenvalue weighted by molar-refractivity contribution is 5.89. The number of likely N-dealkylation sites (tertiary alicyclic amines) is 1. The maximum absolute atomic E-state index is 13.0. The van der Waals surface area contributed by atoms with Gasteiger partial charge in [-0.05, 0) is 17.4 Å². The predicted octanol–water partition coefficient (Wildman–Crippen LogP) is 2.07. The number of carboxylic acids is 1. The molecule has 1 aliphatic heterocycles. The lowest BCUT2D eigenvalue weighted by molar-refractivity contribution is -0.142. The highest BCUT2D eigenvalue weighted by Gasteiger charge is 2.39. The van der Waals surface area contributed by atoms with Gasteiger partial charge in [-0.3, -0.25) is 14.4 Å². The van der Waals surface area contributed by atoms with Crippen LogP contribution in [-0.2, 0) is 14.4 Å². The second kappa shape index (κ2) is 8.14. The minimum absolute atomic E-state index is 0.107. The van der Waals surface area contributed by atoms with E-state index in [0.717, 1.165) is 0 Å². The fourth-order valence-electron chi connectivity index (χ4n) is 3.17. The SMILES string of the molecule is CC(C)CC(=O)NC(C(=O)N1C[C@@H](C)[C@H](C(=O)O)C1)c1ccccc1. The average molecular weight is 346 g/mol. The van der Waals surface area contributed by atoms with Crippen LogP contribution in [-0.4, -0.2) is 40.9 Å². The Balaban J connectivity index is 2.19. The smallest absolute Gasteiger partial charge is 0.308 e. The van der Waals surface area contributed by atoms with Crippen LogP contribution in [0.15, 0.2) is 30.3 Å². The van der Waals surface area contributed by atoms with Gasteiger partial charge in [-0.15, -0.1) is 0 Å². The fourth-order valence-corrected chi connectivity index (χ4v) is 3.17. The second-order valence-electron chi connectivity index (χ2n) is 7.17. The molecule has 2 amide bonds. The molecule has 25 heavy (non-hydrogen) atoms. The van der Waals surface area contributed by atoms with Crippen molar-refractivity contribution >= 4 is 17.8 Å². The molecule has 136 valence electrons. The van der Waals surface area contributed by atoms with Gasteiger partial charge in [0, 0.05) is 19.5 Å². The zero-order valence-electron chi connectivity index (χ0n) is 14.9. The Labute approximate surface area is 148 Å². The van der Waals surface area contributed by atoms with Crippen molar-refractivity contribution in [2.75, 3.05) is 13.1 Å². The molecular formula is C19H26N2O4. The van der Waals surface area contributed by atoms with Crippen LogP contribution < -0.4 is 5.32 Å². The van der Waals surface area contributed by atoms with Gasteiger partial charge in [-0.2, -0.15) is 0 Å². The van der Waals surface area contributed by atoms with Crippen LogP contribution in [0.25, 0.3) is 0 Å². The highest BCUT2D eigenvalue weighted by Crippen LogP contribution is 2.26. The lowest BCUT2D eigenvalue weighted by Gasteiger charge is -2.25. The van der Waals surface area contributed by atoms with E-state index in [9.17, 15) is 19.5 Å². The van der Waals surface area contributed by atoms with Crippen LogP contribution in [0.5, 0.6) is 0 Å². The van der Waals surface area contributed by atoms with Crippen LogP contribution in [0.3, 0.4) is 0 Å². The van der Waals surface area contributed by atoms with Crippen molar-refractivity contribution in [1.29, 1.82) is 0 Å². The Kier molecular flexibility index (Phi) is 6.17. The van der Waals surface area contributed by atoms with E-state index >= 15 is 0 Å². The molecule has 1 aromatic rings. The molecule has 0 bridgehead atoms. The number of carbonyl (C=O) groups excluding carboxylic acids is 2. The molecule has 2 N–H and O–H groups in total. The third-order valence-electron chi connectivity index (χ3n) is 4.52. The van der Waals surface area contributed by atoms with Gasteiger partial charge >= 0.3 is 5.97 Å². The van der Waals surface area contributed by atoms with Gasteiger partial charge in [0.1, 0.15) is 6.04 Å². The van der Waals surface area contributed by atoms with Gasteiger partial charge in [0.15, 0.2) is 0 Å². The van der Waals surface area contributed by atoms with Crippen LogP contribution in [0.2, 0.25) is 0 Å². The van der Waals surface area contributed by atoms with Crippen LogP contribution in [0, 0.1) is 17.8 Å². The summed E-state index contributed by atoms with van der Waals surface area (Å²) in [6.45, 7) is 6.29. The van der Waals surface area contributed by atoms with Gasteiger partial charge in [0.2, 0.25) is 11.8 Å². The number of amides is 2. The fraction of sp³-hybridized carbons (Fsp3) is 0.526. The molecule has 2 rings (SSSR count). The maximum Gasteiger partial charge on any atom is 0.308 e. The second-order valence-corrected chi connectivity index (χ2v) is 7.17. The Morgan fingerprint density at radius 3 is 2.36 bits per heavy atom. The number of nitrogens with zero attached hydrogens (tertiary/aromatic N) is 1. The number of nitrogens with one attached hydrogen (secondary N) is 1. The van der Waals surface area contributed by atoms with Crippen molar-refractivity contribution in [3.05, 3.63) is 35.9 Å². The highest BCUT2D eigenvalue weighted by atomic mass is 16.4. The van der Waals surface area contributed by atoms with Crippen LogP contribution in [0.1, 0.15) is 38.8 Å². The van der Waals surface area contributed by atoms with Gasteiger partial charge in [-0.1, -0.05) is 51.1 Å². The van der Waals surface area contributed by atoms with Crippen molar-refractivity contribution in [2.24, 2.45) is 17.8 Å². The first-order valence-electron chi connectivity index (χ1n) is 8.65. The summed E-state index contributed by atoms with van der Waals surface area (Å²) in [5.41, 5.74) is 0.705. The number of aliphatic carboxylic acids is 1. The topological polar surface area (TPSA) is 86.7 Å². The minimum Gasteiger partial charge on any atom is -0.481 e. The molecule has 1 aliphatic rings. The summed E-state index contributed by atoms with van der Waals surface area (Å²) in [4.78, 5) is 38.1. The standard InChI is InChI=1S/C19H26N2O4/c1-12(2)9-16(22)20-17(14-7-5-4-6-8-14)18(23)21-10-13(3)15(11-21)19(24)25/h4-8,12-13,15,17H,9-11H2,1-3H3,(H,20,22)(H,24,25)/t13-,15-,17?/m1/s1. The van der Waals surface area contributed by atoms with E-state index in [0.29, 0.717) is 18.5 Å². The van der Waals surface area contributed by atoms with E-state index in [1.54, 1.807) is 17.0 Å². The van der Waals surface area contributed by atoms with Crippen molar-refractivity contribution in [3.8, 4) is 0 Å². The lowest BCUT2D eigenvalue weighted by atomic mass is 9.99. The van der Waals surface area contributed by atoms with Gasteiger partial charge < -0.3 is 15.3 Å². The molecule has 1 unspecified atom stereocenters. The lowest BCUT2D eigenvalue weighted by Crippen LogP contribution is -2.42. The van der Waals surface area contributed by atoms with E-state index in [1.165, 1.54) is 0 Å². The van der Waals surface area contributed by atoms with Crippen molar-refractivity contribution < 1.29 is 19.5 Å². The van der Waals surface area contributed by atoms with Crippen molar-refractivity contribution in [3.63, 3.8) is 0 Å². The molecule has 3 atom stereocenters. The van der Waals surface area contributed by atoms with Crippen LogP contribution >= 0.6 is 0 Å². The molecule has 6 nitrogen and oxygen atoms in total. The van der Waals surface area contributed by atoms with Crippen molar-refractivity contribution in [2.45, 2.75) is 33.2 Å². The van der Waals surface area contributed by atoms with E-state index in [1.807, 2.05) is 39.0 Å². The monoisotopic (exact) mass is 346 g/mol. The van der Waals surface area contributed by atoms with Gasteiger partial charge in [-0.25, -0.2) is 0 Å². The first-order chi connectivity index (χ1) is 11.8. The number of carboxylic acid groups (broad SMARTS) is 1. The van der Waals surface area contributed by atoms with E-state index in [4.69, 9.17) is 0 Å². The third kappa shape index (κ3) is 4.81. The summed E-state index contributed by atoms with van der Waals surface area (Å²) in [6, 6.07) is 8.29. The molecule has 6 heteroatoms. The van der Waals surface area contributed by atoms with E-state index in [2.05, 4.69) is 5.32 Å². The van der Waals surface area contributed by atoms with Gasteiger partial charge in [0.25, 0.3) is 0 Å². The first kappa shape index (κ1) is 19.0. The Bertz CT molecular complexity index is 630. The normalized spacial score (nSPS) is 21.2. The van der Waals surface area contributed by atoms with Crippen LogP contribution in [0.4, 0.5) is 0 Å². The molecule has 1 aromatic carbocycles. The quantitative estimate of drug-likeness (QED) is 0.825.